The Balaban J connectivity index is 2.07. The Hall–Kier alpha value is -1.06. The molecular weight excluding hydrogens is 188 g/mol. The maximum Gasteiger partial charge on any atom is 0.118 e. The number of rotatable bonds is 2. The predicted molar refractivity (Wildman–Crippen MR) is 60.9 cm³/mol. The molecule has 2 atom stereocenters. The molecule has 1 aromatic rings. The fourth-order valence-electron chi connectivity index (χ4n) is 2.04. The molecule has 3 nitrogen and oxygen atoms in total. The van der Waals surface area contributed by atoms with Crippen molar-refractivity contribution in [1.82, 2.24) is 5.32 Å². The van der Waals surface area contributed by atoms with Crippen LogP contribution in [-0.2, 0) is 0 Å². The van der Waals surface area contributed by atoms with Crippen LogP contribution in [0.2, 0.25) is 0 Å². The summed E-state index contributed by atoms with van der Waals surface area (Å²) >= 11 is 0. The first kappa shape index (κ1) is 10.5. The summed E-state index contributed by atoms with van der Waals surface area (Å²) in [5.41, 5.74) is 7.25. The molecule has 0 aromatic heterocycles. The Morgan fingerprint density at radius 1 is 1.33 bits per heavy atom. The van der Waals surface area contributed by atoms with Crippen LogP contribution in [0.4, 0.5) is 0 Å². The quantitative estimate of drug-likeness (QED) is 0.770. The average Bonchev–Trinajstić information content (AvgIpc) is 2.29. The van der Waals surface area contributed by atoms with Crippen LogP contribution in [0.3, 0.4) is 0 Å². The molecule has 3 heteroatoms. The number of ether oxygens (including phenoxy) is 1. The van der Waals surface area contributed by atoms with Gasteiger partial charge in [-0.05, 0) is 37.1 Å². The summed E-state index contributed by atoms with van der Waals surface area (Å²) in [6, 6.07) is 8.94. The molecule has 0 radical (unpaired) electrons. The van der Waals surface area contributed by atoms with E-state index in [0.29, 0.717) is 12.1 Å². The molecule has 3 N–H and O–H groups in total. The van der Waals surface area contributed by atoms with E-state index in [2.05, 4.69) is 17.4 Å². The van der Waals surface area contributed by atoms with E-state index in [1.165, 1.54) is 5.56 Å². The van der Waals surface area contributed by atoms with Crippen molar-refractivity contribution in [2.24, 2.45) is 5.73 Å². The van der Waals surface area contributed by atoms with Crippen molar-refractivity contribution in [1.29, 1.82) is 0 Å². The summed E-state index contributed by atoms with van der Waals surface area (Å²) in [5, 5.41) is 3.48. The first-order valence-corrected chi connectivity index (χ1v) is 5.42. The zero-order chi connectivity index (χ0) is 10.7. The van der Waals surface area contributed by atoms with Gasteiger partial charge in [-0.1, -0.05) is 12.1 Å². The van der Waals surface area contributed by atoms with Gasteiger partial charge < -0.3 is 15.8 Å². The lowest BCUT2D eigenvalue weighted by Gasteiger charge is -2.28. The molecule has 1 heterocycles. The van der Waals surface area contributed by atoms with Gasteiger partial charge in [0.15, 0.2) is 0 Å². The third-order valence-electron chi connectivity index (χ3n) is 2.96. The van der Waals surface area contributed by atoms with Gasteiger partial charge in [-0.2, -0.15) is 0 Å². The molecule has 0 amide bonds. The second-order valence-electron chi connectivity index (χ2n) is 4.06. The van der Waals surface area contributed by atoms with Gasteiger partial charge >= 0.3 is 0 Å². The van der Waals surface area contributed by atoms with Crippen molar-refractivity contribution >= 4 is 0 Å². The standard InChI is InChI=1S/C12H18N2O/c1-15-11-4-2-9(3-5-11)12-8-10(13)6-7-14-12/h2-5,10,12,14H,6-8,13H2,1H3/t10-,12+/m1/s1. The molecule has 82 valence electrons. The van der Waals surface area contributed by atoms with Gasteiger partial charge in [-0.25, -0.2) is 0 Å². The van der Waals surface area contributed by atoms with Gasteiger partial charge in [0.05, 0.1) is 7.11 Å². The van der Waals surface area contributed by atoms with Gasteiger partial charge in [0.2, 0.25) is 0 Å². The SMILES string of the molecule is COc1ccc([C@@H]2C[C@H](N)CCN2)cc1. The molecular formula is C12H18N2O. The normalized spacial score (nSPS) is 26.3. The van der Waals surface area contributed by atoms with Crippen LogP contribution >= 0.6 is 0 Å². The van der Waals surface area contributed by atoms with Crippen molar-refractivity contribution < 1.29 is 4.74 Å². The summed E-state index contributed by atoms with van der Waals surface area (Å²) in [4.78, 5) is 0. The molecule has 1 aliphatic rings. The Morgan fingerprint density at radius 3 is 2.67 bits per heavy atom. The first-order chi connectivity index (χ1) is 7.29. The highest BCUT2D eigenvalue weighted by atomic mass is 16.5. The molecule has 1 saturated heterocycles. The van der Waals surface area contributed by atoms with E-state index in [1.54, 1.807) is 7.11 Å². The molecule has 15 heavy (non-hydrogen) atoms. The van der Waals surface area contributed by atoms with Crippen molar-refractivity contribution in [3.8, 4) is 5.75 Å². The minimum Gasteiger partial charge on any atom is -0.497 e. The summed E-state index contributed by atoms with van der Waals surface area (Å²) in [6.07, 6.45) is 2.10. The topological polar surface area (TPSA) is 47.3 Å². The number of hydrogen-bond donors (Lipinski definition) is 2. The molecule has 1 aliphatic heterocycles. The number of benzene rings is 1. The fourth-order valence-corrected chi connectivity index (χ4v) is 2.04. The van der Waals surface area contributed by atoms with Crippen LogP contribution < -0.4 is 15.8 Å². The number of hydrogen-bond acceptors (Lipinski definition) is 3. The number of nitrogens with two attached hydrogens (primary N) is 1. The van der Waals surface area contributed by atoms with Gasteiger partial charge in [-0.15, -0.1) is 0 Å². The minimum absolute atomic E-state index is 0.332. The van der Waals surface area contributed by atoms with Crippen molar-refractivity contribution in [3.63, 3.8) is 0 Å². The van der Waals surface area contributed by atoms with Crippen LogP contribution in [0.25, 0.3) is 0 Å². The lowest BCUT2D eigenvalue weighted by molar-refractivity contribution is 0.368. The predicted octanol–water partition coefficient (Wildman–Crippen LogP) is 1.45. The second-order valence-corrected chi connectivity index (χ2v) is 4.06. The van der Waals surface area contributed by atoms with Gasteiger partial charge in [0.25, 0.3) is 0 Å². The maximum absolute atomic E-state index is 5.95. The Kier molecular flexibility index (Phi) is 3.23. The van der Waals surface area contributed by atoms with Crippen molar-refractivity contribution in [3.05, 3.63) is 29.8 Å². The first-order valence-electron chi connectivity index (χ1n) is 5.42. The average molecular weight is 206 g/mol. The Morgan fingerprint density at radius 2 is 2.07 bits per heavy atom. The molecule has 1 aromatic carbocycles. The zero-order valence-corrected chi connectivity index (χ0v) is 9.07. The third-order valence-corrected chi connectivity index (χ3v) is 2.96. The summed E-state index contributed by atoms with van der Waals surface area (Å²) in [6.45, 7) is 1.01. The highest BCUT2D eigenvalue weighted by Crippen LogP contribution is 2.24. The molecule has 2 rings (SSSR count). The summed E-state index contributed by atoms with van der Waals surface area (Å²) in [7, 11) is 1.68. The van der Waals surface area contributed by atoms with Gasteiger partial charge in [0, 0.05) is 12.1 Å². The Labute approximate surface area is 90.6 Å². The highest BCUT2D eigenvalue weighted by Gasteiger charge is 2.19. The van der Waals surface area contributed by atoms with E-state index in [-0.39, 0.29) is 0 Å². The van der Waals surface area contributed by atoms with Crippen LogP contribution in [-0.4, -0.2) is 19.7 Å². The number of methoxy groups -OCH3 is 1. The maximum atomic E-state index is 5.95. The van der Waals surface area contributed by atoms with Crippen LogP contribution in [0.5, 0.6) is 5.75 Å². The number of piperidine rings is 1. The molecule has 1 fully saturated rings. The third kappa shape index (κ3) is 2.49. The van der Waals surface area contributed by atoms with Crippen LogP contribution in [0.15, 0.2) is 24.3 Å². The van der Waals surface area contributed by atoms with Crippen molar-refractivity contribution in [2.45, 2.75) is 24.9 Å². The van der Waals surface area contributed by atoms with Crippen LogP contribution in [0.1, 0.15) is 24.4 Å². The molecule has 0 aliphatic carbocycles. The monoisotopic (exact) mass is 206 g/mol. The molecule has 0 saturated carbocycles. The molecule has 0 spiro atoms. The van der Waals surface area contributed by atoms with E-state index >= 15 is 0 Å². The summed E-state index contributed by atoms with van der Waals surface area (Å²) < 4.78 is 5.13. The van der Waals surface area contributed by atoms with Crippen LogP contribution in [0, 0.1) is 0 Å². The van der Waals surface area contributed by atoms with E-state index in [4.69, 9.17) is 10.5 Å². The molecule has 0 bridgehead atoms. The smallest absolute Gasteiger partial charge is 0.118 e. The number of nitrogens with one attached hydrogen (secondary N) is 1. The largest absolute Gasteiger partial charge is 0.497 e. The van der Waals surface area contributed by atoms with E-state index < -0.39 is 0 Å². The van der Waals surface area contributed by atoms with E-state index in [1.807, 2.05) is 12.1 Å². The lowest BCUT2D eigenvalue weighted by Crippen LogP contribution is -2.38. The zero-order valence-electron chi connectivity index (χ0n) is 9.07. The highest BCUT2D eigenvalue weighted by molar-refractivity contribution is 5.29. The minimum atomic E-state index is 0.332. The second kappa shape index (κ2) is 4.64. The van der Waals surface area contributed by atoms with E-state index in [0.717, 1.165) is 25.1 Å². The van der Waals surface area contributed by atoms with Gasteiger partial charge in [0.1, 0.15) is 5.75 Å². The lowest BCUT2D eigenvalue weighted by atomic mass is 9.94. The van der Waals surface area contributed by atoms with Crippen molar-refractivity contribution in [2.75, 3.05) is 13.7 Å². The fraction of sp³-hybridized carbons (Fsp3) is 0.500. The molecule has 0 unspecified atom stereocenters. The van der Waals surface area contributed by atoms with E-state index in [9.17, 15) is 0 Å². The van der Waals surface area contributed by atoms with Gasteiger partial charge in [-0.3, -0.25) is 0 Å². The Bertz CT molecular complexity index is 310. The summed E-state index contributed by atoms with van der Waals surface area (Å²) in [5.74, 6) is 0.902.